The predicted octanol–water partition coefficient (Wildman–Crippen LogP) is 3.72. The van der Waals surface area contributed by atoms with Crippen LogP contribution in [0.5, 0.6) is 0 Å². The van der Waals surface area contributed by atoms with Crippen LogP contribution in [-0.2, 0) is 0 Å². The minimum atomic E-state index is -0.206. The molecule has 3 aromatic rings. The Morgan fingerprint density at radius 2 is 1.58 bits per heavy atom. The molecule has 0 aliphatic carbocycles. The SMILES string of the molecule is O=C1c2ccccc2C2=Nc3ncccc3C(c3ccccc3)N12. The molecule has 2 aliphatic heterocycles. The van der Waals surface area contributed by atoms with Gasteiger partial charge in [0.15, 0.2) is 5.82 Å². The molecule has 0 bridgehead atoms. The van der Waals surface area contributed by atoms with Gasteiger partial charge in [-0.2, -0.15) is 0 Å². The van der Waals surface area contributed by atoms with Crippen LogP contribution in [0.4, 0.5) is 5.82 Å². The Morgan fingerprint density at radius 3 is 2.42 bits per heavy atom. The second-order valence-electron chi connectivity index (χ2n) is 5.89. The Morgan fingerprint density at radius 1 is 0.833 bits per heavy atom. The van der Waals surface area contributed by atoms with Crippen molar-refractivity contribution in [3.05, 3.63) is 95.2 Å². The third-order valence-corrected chi connectivity index (χ3v) is 4.54. The Kier molecular flexibility index (Phi) is 2.67. The zero-order valence-corrected chi connectivity index (χ0v) is 12.8. The standard InChI is InChI=1S/C20H13N3O/c24-20-15-10-5-4-9-14(15)19-22-18-16(11-6-12-21-18)17(23(19)20)13-7-2-1-3-8-13/h1-12,17H. The van der Waals surface area contributed by atoms with Crippen molar-refractivity contribution in [2.45, 2.75) is 6.04 Å². The van der Waals surface area contributed by atoms with Gasteiger partial charge in [-0.3, -0.25) is 9.69 Å². The average Bonchev–Trinajstić information content (AvgIpc) is 2.93. The molecule has 1 unspecified atom stereocenters. The lowest BCUT2D eigenvalue weighted by molar-refractivity contribution is 0.0831. The van der Waals surface area contributed by atoms with E-state index in [1.54, 1.807) is 11.1 Å². The van der Waals surface area contributed by atoms with Gasteiger partial charge in [0.1, 0.15) is 5.84 Å². The first kappa shape index (κ1) is 13.2. The summed E-state index contributed by atoms with van der Waals surface area (Å²) in [6.45, 7) is 0. The van der Waals surface area contributed by atoms with Crippen LogP contribution in [0.3, 0.4) is 0 Å². The predicted molar refractivity (Wildman–Crippen MR) is 91.3 cm³/mol. The number of nitrogens with zero attached hydrogens (tertiary/aromatic N) is 3. The highest BCUT2D eigenvalue weighted by Crippen LogP contribution is 2.42. The van der Waals surface area contributed by atoms with Crippen molar-refractivity contribution in [2.75, 3.05) is 0 Å². The molecule has 1 atom stereocenters. The first-order valence-electron chi connectivity index (χ1n) is 7.86. The van der Waals surface area contributed by atoms with Gasteiger partial charge in [-0.1, -0.05) is 54.6 Å². The number of fused-ring (bicyclic) bond motifs is 4. The molecule has 1 aromatic heterocycles. The highest BCUT2D eigenvalue weighted by molar-refractivity contribution is 6.24. The van der Waals surface area contributed by atoms with Gasteiger partial charge in [0.05, 0.1) is 11.6 Å². The second kappa shape index (κ2) is 4.86. The highest BCUT2D eigenvalue weighted by atomic mass is 16.2. The van der Waals surface area contributed by atoms with Crippen LogP contribution in [0.2, 0.25) is 0 Å². The van der Waals surface area contributed by atoms with E-state index in [1.807, 2.05) is 66.7 Å². The summed E-state index contributed by atoms with van der Waals surface area (Å²) in [5.74, 6) is 1.37. The summed E-state index contributed by atoms with van der Waals surface area (Å²) in [5, 5.41) is 0. The summed E-state index contributed by atoms with van der Waals surface area (Å²) in [5.41, 5.74) is 3.58. The van der Waals surface area contributed by atoms with Crippen LogP contribution >= 0.6 is 0 Å². The molecular weight excluding hydrogens is 298 g/mol. The molecular formula is C20H13N3O. The molecule has 114 valence electrons. The monoisotopic (exact) mass is 311 g/mol. The average molecular weight is 311 g/mol. The van der Waals surface area contributed by atoms with Gasteiger partial charge in [0.2, 0.25) is 0 Å². The van der Waals surface area contributed by atoms with Crippen LogP contribution in [0.1, 0.15) is 33.1 Å². The summed E-state index contributed by atoms with van der Waals surface area (Å²) < 4.78 is 0. The van der Waals surface area contributed by atoms with E-state index >= 15 is 0 Å². The fourth-order valence-corrected chi connectivity index (χ4v) is 3.49. The Bertz CT molecular complexity index is 995. The van der Waals surface area contributed by atoms with Crippen LogP contribution in [0.25, 0.3) is 0 Å². The lowest BCUT2D eigenvalue weighted by Crippen LogP contribution is -2.37. The number of aliphatic imine (C=N–C) groups is 1. The normalized spacial score (nSPS) is 17.8. The van der Waals surface area contributed by atoms with Crippen molar-refractivity contribution >= 4 is 17.6 Å². The summed E-state index contributed by atoms with van der Waals surface area (Å²) in [7, 11) is 0. The van der Waals surface area contributed by atoms with Crippen molar-refractivity contribution in [3.8, 4) is 0 Å². The number of rotatable bonds is 1. The van der Waals surface area contributed by atoms with Gasteiger partial charge in [0, 0.05) is 17.3 Å². The number of amides is 1. The van der Waals surface area contributed by atoms with E-state index in [0.29, 0.717) is 17.2 Å². The van der Waals surface area contributed by atoms with Crippen molar-refractivity contribution in [2.24, 2.45) is 4.99 Å². The molecule has 4 heteroatoms. The van der Waals surface area contributed by atoms with Gasteiger partial charge < -0.3 is 0 Å². The lowest BCUT2D eigenvalue weighted by Gasteiger charge is -2.32. The lowest BCUT2D eigenvalue weighted by atomic mass is 9.96. The van der Waals surface area contributed by atoms with E-state index < -0.39 is 0 Å². The second-order valence-corrected chi connectivity index (χ2v) is 5.89. The Balaban J connectivity index is 1.80. The summed E-state index contributed by atoms with van der Waals surface area (Å²) in [6, 6.07) is 21.4. The van der Waals surface area contributed by atoms with Crippen LogP contribution < -0.4 is 0 Å². The number of amidine groups is 1. The molecule has 0 fully saturated rings. The molecule has 0 saturated carbocycles. The van der Waals surface area contributed by atoms with E-state index in [1.165, 1.54) is 0 Å². The maximum Gasteiger partial charge on any atom is 0.261 e. The van der Waals surface area contributed by atoms with Crippen LogP contribution in [0, 0.1) is 0 Å². The van der Waals surface area contributed by atoms with Crippen LogP contribution in [0.15, 0.2) is 77.9 Å². The molecule has 0 saturated heterocycles. The smallest absolute Gasteiger partial charge is 0.261 e. The van der Waals surface area contributed by atoms with Gasteiger partial charge in [-0.15, -0.1) is 0 Å². The van der Waals surface area contributed by atoms with E-state index in [0.717, 1.165) is 16.7 Å². The first-order valence-corrected chi connectivity index (χ1v) is 7.86. The van der Waals surface area contributed by atoms with Gasteiger partial charge in [-0.05, 0) is 17.7 Å². The number of aromatic nitrogens is 1. The zero-order valence-electron chi connectivity index (χ0n) is 12.8. The van der Waals surface area contributed by atoms with Crippen LogP contribution in [-0.4, -0.2) is 21.6 Å². The van der Waals surface area contributed by atoms with E-state index in [2.05, 4.69) is 9.98 Å². The van der Waals surface area contributed by atoms with Gasteiger partial charge >= 0.3 is 0 Å². The molecule has 1 amide bonds. The summed E-state index contributed by atoms with van der Waals surface area (Å²) in [6.07, 6.45) is 1.74. The summed E-state index contributed by atoms with van der Waals surface area (Å²) in [4.78, 5) is 24.0. The molecule has 2 aliphatic rings. The Labute approximate surface area is 139 Å². The number of hydrogen-bond acceptors (Lipinski definition) is 3. The molecule has 3 heterocycles. The van der Waals surface area contributed by atoms with Gasteiger partial charge in [0.25, 0.3) is 5.91 Å². The maximum atomic E-state index is 13.0. The third-order valence-electron chi connectivity index (χ3n) is 4.54. The fraction of sp³-hybridized carbons (Fsp3) is 0.0500. The molecule has 0 N–H and O–H groups in total. The molecule has 0 radical (unpaired) electrons. The number of carbonyl (C=O) groups excluding carboxylic acids is 1. The van der Waals surface area contributed by atoms with E-state index in [9.17, 15) is 4.79 Å². The number of benzene rings is 2. The zero-order chi connectivity index (χ0) is 16.1. The number of hydrogen-bond donors (Lipinski definition) is 0. The summed E-state index contributed by atoms with van der Waals surface area (Å²) >= 11 is 0. The van der Waals surface area contributed by atoms with Crippen molar-refractivity contribution in [3.63, 3.8) is 0 Å². The number of carbonyl (C=O) groups is 1. The van der Waals surface area contributed by atoms with E-state index in [4.69, 9.17) is 0 Å². The molecule has 0 spiro atoms. The topological polar surface area (TPSA) is 45.6 Å². The fourth-order valence-electron chi connectivity index (χ4n) is 3.49. The first-order chi connectivity index (χ1) is 11.8. The van der Waals surface area contributed by atoms with Crippen molar-refractivity contribution < 1.29 is 4.79 Å². The van der Waals surface area contributed by atoms with Gasteiger partial charge in [-0.25, -0.2) is 9.98 Å². The minimum Gasteiger partial charge on any atom is -0.280 e. The Hall–Kier alpha value is -3.27. The molecule has 4 nitrogen and oxygen atoms in total. The van der Waals surface area contributed by atoms with E-state index in [-0.39, 0.29) is 11.9 Å². The van der Waals surface area contributed by atoms with Crippen molar-refractivity contribution in [1.29, 1.82) is 0 Å². The highest BCUT2D eigenvalue weighted by Gasteiger charge is 2.42. The maximum absolute atomic E-state index is 13.0. The molecule has 2 aromatic carbocycles. The molecule has 5 rings (SSSR count). The van der Waals surface area contributed by atoms with Crippen molar-refractivity contribution in [1.82, 2.24) is 9.88 Å². The minimum absolute atomic E-state index is 0.00675. The quantitative estimate of drug-likeness (QED) is 0.687. The largest absolute Gasteiger partial charge is 0.280 e. The third kappa shape index (κ3) is 1.71. The molecule has 24 heavy (non-hydrogen) atoms. The number of pyridine rings is 1.